The fourth-order valence-corrected chi connectivity index (χ4v) is 3.30. The van der Waals surface area contributed by atoms with Gasteiger partial charge in [-0.2, -0.15) is 0 Å². The number of hydrogen-bond donors (Lipinski definition) is 2. The first-order chi connectivity index (χ1) is 15.2. The highest BCUT2D eigenvalue weighted by Gasteiger charge is 2.09. The molecule has 4 aromatic rings. The second-order valence-corrected chi connectivity index (χ2v) is 7.48. The molecule has 0 atom stereocenters. The molecule has 0 aliphatic rings. The van der Waals surface area contributed by atoms with Crippen LogP contribution in [0.1, 0.15) is 22.4 Å². The van der Waals surface area contributed by atoms with Crippen molar-refractivity contribution in [2.24, 2.45) is 0 Å². The van der Waals surface area contributed by atoms with Crippen LogP contribution in [0.3, 0.4) is 0 Å². The summed E-state index contributed by atoms with van der Waals surface area (Å²) in [5.74, 6) is 0.249. The molecule has 0 aliphatic carbocycles. The summed E-state index contributed by atoms with van der Waals surface area (Å²) in [6.45, 7) is 3.76. The summed E-state index contributed by atoms with van der Waals surface area (Å²) in [5.41, 5.74) is 13.3. The van der Waals surface area contributed by atoms with Gasteiger partial charge in [0, 0.05) is 24.0 Å². The van der Waals surface area contributed by atoms with Gasteiger partial charge in [-0.25, -0.2) is 9.97 Å². The number of nitrogen functional groups attached to an aromatic ring is 1. The van der Waals surface area contributed by atoms with Gasteiger partial charge in [-0.1, -0.05) is 72.3 Å². The maximum absolute atomic E-state index is 5.88. The van der Waals surface area contributed by atoms with Crippen molar-refractivity contribution >= 4 is 11.6 Å². The van der Waals surface area contributed by atoms with Crippen molar-refractivity contribution in [2.75, 3.05) is 11.1 Å². The van der Waals surface area contributed by atoms with Crippen molar-refractivity contribution in [2.45, 2.75) is 26.7 Å². The number of nitrogens with two attached hydrogens (primary N) is 1. The Morgan fingerprint density at radius 3 is 2.32 bits per heavy atom. The molecule has 31 heavy (non-hydrogen) atoms. The van der Waals surface area contributed by atoms with Crippen LogP contribution >= 0.6 is 0 Å². The van der Waals surface area contributed by atoms with Gasteiger partial charge in [-0.05, 0) is 35.7 Å². The van der Waals surface area contributed by atoms with Gasteiger partial charge < -0.3 is 15.8 Å². The Morgan fingerprint density at radius 1 is 0.839 bits per heavy atom. The van der Waals surface area contributed by atoms with E-state index in [2.05, 4.69) is 70.7 Å². The van der Waals surface area contributed by atoms with Crippen molar-refractivity contribution in [3.63, 3.8) is 0 Å². The molecule has 5 nitrogen and oxygen atoms in total. The van der Waals surface area contributed by atoms with Crippen molar-refractivity contribution in [1.82, 2.24) is 9.97 Å². The average molecular weight is 411 g/mol. The van der Waals surface area contributed by atoms with Gasteiger partial charge in [0.2, 0.25) is 5.95 Å². The monoisotopic (exact) mass is 410 g/mol. The van der Waals surface area contributed by atoms with Crippen LogP contribution in [0.5, 0.6) is 0 Å². The average Bonchev–Trinajstić information content (AvgIpc) is 2.80. The highest BCUT2D eigenvalue weighted by Crippen LogP contribution is 2.25. The van der Waals surface area contributed by atoms with E-state index >= 15 is 0 Å². The number of nitrogens with one attached hydrogen (secondary N) is 1. The van der Waals surface area contributed by atoms with Gasteiger partial charge >= 0.3 is 0 Å². The van der Waals surface area contributed by atoms with E-state index in [0.29, 0.717) is 13.2 Å². The Morgan fingerprint density at radius 2 is 1.58 bits per heavy atom. The third-order valence-corrected chi connectivity index (χ3v) is 5.05. The molecule has 0 aliphatic heterocycles. The summed E-state index contributed by atoms with van der Waals surface area (Å²) in [7, 11) is 0. The second kappa shape index (κ2) is 9.87. The Kier molecular flexibility index (Phi) is 6.55. The van der Waals surface area contributed by atoms with E-state index in [0.717, 1.165) is 34.6 Å². The number of ether oxygens (including phenoxy) is 1. The molecule has 4 rings (SSSR count). The van der Waals surface area contributed by atoms with Crippen LogP contribution in [0.2, 0.25) is 0 Å². The van der Waals surface area contributed by atoms with Crippen LogP contribution in [0.25, 0.3) is 11.1 Å². The molecule has 0 bridgehead atoms. The molecule has 0 saturated heterocycles. The lowest BCUT2D eigenvalue weighted by molar-refractivity contribution is 0.105. The Labute approximate surface area is 183 Å². The number of rotatable bonds is 8. The number of hydrogen-bond acceptors (Lipinski definition) is 5. The molecule has 0 unspecified atom stereocenters. The zero-order valence-corrected chi connectivity index (χ0v) is 17.6. The molecule has 1 heterocycles. The molecule has 0 amide bonds. The van der Waals surface area contributed by atoms with Crippen LogP contribution < -0.4 is 11.1 Å². The molecule has 0 fully saturated rings. The van der Waals surface area contributed by atoms with E-state index in [-0.39, 0.29) is 5.95 Å². The molecule has 3 N–H and O–H groups in total. The summed E-state index contributed by atoms with van der Waals surface area (Å²) < 4.78 is 5.88. The summed E-state index contributed by atoms with van der Waals surface area (Å²) in [4.78, 5) is 8.60. The van der Waals surface area contributed by atoms with Crippen molar-refractivity contribution in [1.29, 1.82) is 0 Å². The molecule has 0 radical (unpaired) electrons. The quantitative estimate of drug-likeness (QED) is 0.409. The van der Waals surface area contributed by atoms with Gasteiger partial charge in [-0.3, -0.25) is 0 Å². The maximum atomic E-state index is 5.88. The highest BCUT2D eigenvalue weighted by molar-refractivity contribution is 5.67. The molecular weight excluding hydrogens is 384 g/mol. The van der Waals surface area contributed by atoms with E-state index in [9.17, 15) is 0 Å². The minimum Gasteiger partial charge on any atom is -0.381 e. The number of benzene rings is 3. The zero-order valence-electron chi connectivity index (χ0n) is 17.6. The predicted octanol–water partition coefficient (Wildman–Crippen LogP) is 5.36. The Balaban J connectivity index is 1.42. The first kappa shape index (κ1) is 20.6. The molecule has 156 valence electrons. The van der Waals surface area contributed by atoms with Gasteiger partial charge in [-0.15, -0.1) is 0 Å². The van der Waals surface area contributed by atoms with Crippen molar-refractivity contribution in [3.8, 4) is 11.1 Å². The molecule has 0 saturated carbocycles. The molecular formula is C26H26N4O. The van der Waals surface area contributed by atoms with E-state index in [4.69, 9.17) is 10.5 Å². The standard InChI is InChI=1S/C26H26N4O/c1-19-7-9-20(10-8-19)15-28-23-13-11-22(12-14-23)24-16-29-26(27)30-25(24)18-31-17-21-5-3-2-4-6-21/h2-14,16,28H,15,17-18H2,1H3,(H2,27,29,30). The lowest BCUT2D eigenvalue weighted by Gasteiger charge is -2.12. The first-order valence-corrected chi connectivity index (χ1v) is 10.3. The molecule has 0 spiro atoms. The van der Waals surface area contributed by atoms with Crippen LogP contribution in [0, 0.1) is 6.92 Å². The van der Waals surface area contributed by atoms with Gasteiger partial charge in [0.25, 0.3) is 0 Å². The van der Waals surface area contributed by atoms with Crippen LogP contribution in [0.15, 0.2) is 85.1 Å². The lowest BCUT2D eigenvalue weighted by atomic mass is 10.1. The van der Waals surface area contributed by atoms with Crippen LogP contribution in [0.4, 0.5) is 11.6 Å². The first-order valence-electron chi connectivity index (χ1n) is 10.3. The van der Waals surface area contributed by atoms with Crippen LogP contribution in [-0.4, -0.2) is 9.97 Å². The topological polar surface area (TPSA) is 73.1 Å². The van der Waals surface area contributed by atoms with E-state index in [1.54, 1.807) is 6.20 Å². The summed E-state index contributed by atoms with van der Waals surface area (Å²) >= 11 is 0. The van der Waals surface area contributed by atoms with E-state index in [1.807, 2.05) is 30.3 Å². The molecule has 5 heteroatoms. The van der Waals surface area contributed by atoms with Crippen molar-refractivity contribution in [3.05, 3.63) is 107 Å². The SMILES string of the molecule is Cc1ccc(CNc2ccc(-c3cnc(N)nc3COCc3ccccc3)cc2)cc1. The second-order valence-electron chi connectivity index (χ2n) is 7.48. The predicted molar refractivity (Wildman–Crippen MR) is 125 cm³/mol. The fraction of sp³-hybridized carbons (Fsp3) is 0.154. The fourth-order valence-electron chi connectivity index (χ4n) is 3.30. The van der Waals surface area contributed by atoms with E-state index < -0.39 is 0 Å². The normalized spacial score (nSPS) is 10.7. The zero-order chi connectivity index (χ0) is 21.5. The van der Waals surface area contributed by atoms with E-state index in [1.165, 1.54) is 11.1 Å². The van der Waals surface area contributed by atoms with Crippen LogP contribution in [-0.2, 0) is 24.5 Å². The number of anilines is 2. The molecule has 3 aromatic carbocycles. The highest BCUT2D eigenvalue weighted by atomic mass is 16.5. The molecule has 1 aromatic heterocycles. The summed E-state index contributed by atoms with van der Waals surface area (Å²) in [5, 5.41) is 3.46. The van der Waals surface area contributed by atoms with Gasteiger partial charge in [0.15, 0.2) is 0 Å². The van der Waals surface area contributed by atoms with Gasteiger partial charge in [0.1, 0.15) is 0 Å². The third-order valence-electron chi connectivity index (χ3n) is 5.05. The van der Waals surface area contributed by atoms with Gasteiger partial charge in [0.05, 0.1) is 18.9 Å². The van der Waals surface area contributed by atoms with Crippen molar-refractivity contribution < 1.29 is 4.74 Å². The number of aromatic nitrogens is 2. The maximum Gasteiger partial charge on any atom is 0.220 e. The minimum atomic E-state index is 0.249. The number of nitrogens with zero attached hydrogens (tertiary/aromatic N) is 2. The smallest absolute Gasteiger partial charge is 0.220 e. The lowest BCUT2D eigenvalue weighted by Crippen LogP contribution is -2.04. The number of aryl methyl sites for hydroxylation is 1. The minimum absolute atomic E-state index is 0.249. The largest absolute Gasteiger partial charge is 0.381 e. The Bertz CT molecular complexity index is 1110. The summed E-state index contributed by atoms with van der Waals surface area (Å²) in [6.07, 6.45) is 1.76. The summed E-state index contributed by atoms with van der Waals surface area (Å²) in [6, 6.07) is 26.9. The Hall–Kier alpha value is -3.70. The third kappa shape index (κ3) is 5.68.